The first kappa shape index (κ1) is 26.0. The molecule has 11 heteroatoms. The molecule has 2 heterocycles. The van der Waals surface area contributed by atoms with Crippen molar-refractivity contribution in [2.24, 2.45) is 11.0 Å². The highest BCUT2D eigenvalue weighted by atomic mass is 79.9. The smallest absolute Gasteiger partial charge is 0.258 e. The molecule has 1 fully saturated rings. The first-order valence-corrected chi connectivity index (χ1v) is 14.3. The predicted octanol–water partition coefficient (Wildman–Crippen LogP) is 8.19. The third-order valence-corrected chi connectivity index (χ3v) is 8.53. The summed E-state index contributed by atoms with van der Waals surface area (Å²) in [5.41, 5.74) is 5.33. The molecule has 0 saturated heterocycles. The van der Waals surface area contributed by atoms with E-state index in [1.54, 1.807) is 24.3 Å². The van der Waals surface area contributed by atoms with E-state index in [1.807, 2.05) is 52.9 Å². The molecule has 0 radical (unpaired) electrons. The van der Waals surface area contributed by atoms with Crippen molar-refractivity contribution in [2.45, 2.75) is 25.3 Å². The number of aromatic nitrogens is 1. The first-order chi connectivity index (χ1) is 19.4. The first-order valence-electron chi connectivity index (χ1n) is 12.7. The lowest BCUT2D eigenvalue weighted by molar-refractivity contribution is -0.385. The van der Waals surface area contributed by atoms with Crippen LogP contribution in [0.4, 0.5) is 16.5 Å². The maximum Gasteiger partial charge on any atom is 0.270 e. The maximum absolute atomic E-state index is 11.6. The Morgan fingerprint density at radius 2 is 1.70 bits per heavy atom. The Balaban J connectivity index is 1.43. The Hall–Kier alpha value is -4.22. The molecule has 1 aromatic heterocycles. The fourth-order valence-corrected chi connectivity index (χ4v) is 6.45. The summed E-state index contributed by atoms with van der Waals surface area (Å²) >= 11 is 4.95. The zero-order chi connectivity index (χ0) is 27.8. The number of hydrogen-bond donors (Lipinski definition) is 0. The van der Waals surface area contributed by atoms with Crippen LogP contribution in [0.1, 0.15) is 36.4 Å². The van der Waals surface area contributed by atoms with Gasteiger partial charge in [0, 0.05) is 45.6 Å². The van der Waals surface area contributed by atoms with Crippen molar-refractivity contribution in [2.75, 3.05) is 5.01 Å². The second kappa shape index (κ2) is 10.7. The standard InChI is InChI=1S/C29H22BrN5O4S/c30-22-12-10-19(11-13-22)26-17-40-29(31-26)33-28(21-6-2-8-24(16-21)35(38)39)25-9-3-5-20(27(25)32-33)14-18-4-1-7-23(15-18)34(36)37/h1-2,4,6-8,10-17,25,28H,3,5,9H2/b20-14+/t25-,28+/m1/s1. The number of hydrazone groups is 1. The van der Waals surface area contributed by atoms with Gasteiger partial charge in [0.15, 0.2) is 0 Å². The lowest BCUT2D eigenvalue weighted by Gasteiger charge is -2.29. The fourth-order valence-electron chi connectivity index (χ4n) is 5.37. The summed E-state index contributed by atoms with van der Waals surface area (Å²) in [7, 11) is 0. The van der Waals surface area contributed by atoms with Gasteiger partial charge in [0.1, 0.15) is 0 Å². The number of nitro benzene ring substituents is 2. The van der Waals surface area contributed by atoms with Crippen molar-refractivity contribution >= 4 is 55.6 Å². The van der Waals surface area contributed by atoms with Crippen LogP contribution < -0.4 is 5.01 Å². The highest BCUT2D eigenvalue weighted by molar-refractivity contribution is 9.10. The molecule has 2 atom stereocenters. The van der Waals surface area contributed by atoms with Gasteiger partial charge in [-0.15, -0.1) is 11.3 Å². The Morgan fingerprint density at radius 3 is 2.45 bits per heavy atom. The van der Waals surface area contributed by atoms with Gasteiger partial charge in [0.2, 0.25) is 5.13 Å². The summed E-state index contributed by atoms with van der Waals surface area (Å²) in [5.74, 6) is -0.0132. The molecule has 0 N–H and O–H groups in total. The number of thiazole rings is 1. The Bertz CT molecular complexity index is 1680. The third-order valence-electron chi connectivity index (χ3n) is 7.17. The van der Waals surface area contributed by atoms with Gasteiger partial charge in [-0.1, -0.05) is 52.3 Å². The number of allylic oxidation sites excluding steroid dienone is 1. The van der Waals surface area contributed by atoms with Crippen LogP contribution in [0, 0.1) is 26.1 Å². The van der Waals surface area contributed by atoms with E-state index in [-0.39, 0.29) is 28.3 Å². The SMILES string of the molecule is O=[N+]([O-])c1cccc(/C=C2\CCC[C@@H]3C2=NN(c2nc(-c4ccc(Br)cc4)cs2)[C@H]3c2cccc([N+](=O)[O-])c2)c1. The third kappa shape index (κ3) is 5.05. The molecular weight excluding hydrogens is 594 g/mol. The lowest BCUT2D eigenvalue weighted by Crippen LogP contribution is -2.28. The molecule has 0 spiro atoms. The van der Waals surface area contributed by atoms with Crippen LogP contribution in [0.5, 0.6) is 0 Å². The number of nitrogens with zero attached hydrogens (tertiary/aromatic N) is 5. The van der Waals surface area contributed by atoms with E-state index in [9.17, 15) is 20.2 Å². The number of hydrogen-bond acceptors (Lipinski definition) is 8. The second-order valence-corrected chi connectivity index (χ2v) is 11.4. The van der Waals surface area contributed by atoms with Crippen molar-refractivity contribution < 1.29 is 9.85 Å². The number of benzene rings is 3. The summed E-state index contributed by atoms with van der Waals surface area (Å²) in [6, 6.07) is 21.0. The molecular formula is C29H22BrN5O4S. The van der Waals surface area contributed by atoms with Gasteiger partial charge in [-0.2, -0.15) is 5.10 Å². The molecule has 4 aromatic rings. The minimum Gasteiger partial charge on any atom is -0.258 e. The topological polar surface area (TPSA) is 115 Å². The summed E-state index contributed by atoms with van der Waals surface area (Å²) < 4.78 is 0.982. The Morgan fingerprint density at radius 1 is 0.975 bits per heavy atom. The highest BCUT2D eigenvalue weighted by Gasteiger charge is 2.43. The molecule has 6 rings (SSSR count). The number of fused-ring (bicyclic) bond motifs is 1. The monoisotopic (exact) mass is 615 g/mol. The highest BCUT2D eigenvalue weighted by Crippen LogP contribution is 2.47. The van der Waals surface area contributed by atoms with Crippen LogP contribution in [-0.2, 0) is 0 Å². The van der Waals surface area contributed by atoms with Crippen LogP contribution >= 0.6 is 27.3 Å². The van der Waals surface area contributed by atoms with Gasteiger partial charge in [-0.25, -0.2) is 9.99 Å². The maximum atomic E-state index is 11.6. The van der Waals surface area contributed by atoms with E-state index >= 15 is 0 Å². The predicted molar refractivity (Wildman–Crippen MR) is 159 cm³/mol. The number of rotatable bonds is 6. The van der Waals surface area contributed by atoms with E-state index in [2.05, 4.69) is 15.9 Å². The summed E-state index contributed by atoms with van der Waals surface area (Å²) in [4.78, 5) is 27.1. The van der Waals surface area contributed by atoms with Gasteiger partial charge in [-0.05, 0) is 54.2 Å². The van der Waals surface area contributed by atoms with Crippen molar-refractivity contribution in [3.8, 4) is 11.3 Å². The Labute approximate surface area is 241 Å². The number of non-ortho nitro benzene ring substituents is 2. The van der Waals surface area contributed by atoms with Gasteiger partial charge in [-0.3, -0.25) is 20.2 Å². The van der Waals surface area contributed by atoms with E-state index in [0.29, 0.717) is 5.13 Å². The molecule has 0 bridgehead atoms. The fraction of sp³-hybridized carbons (Fsp3) is 0.172. The normalized spacial score (nSPS) is 19.4. The number of anilines is 1. The molecule has 9 nitrogen and oxygen atoms in total. The van der Waals surface area contributed by atoms with Gasteiger partial charge in [0.05, 0.1) is 27.3 Å². The van der Waals surface area contributed by atoms with Crippen molar-refractivity contribution in [3.63, 3.8) is 0 Å². The van der Waals surface area contributed by atoms with Crippen molar-refractivity contribution in [1.29, 1.82) is 0 Å². The summed E-state index contributed by atoms with van der Waals surface area (Å²) in [6.07, 6.45) is 4.53. The molecule has 3 aromatic carbocycles. The molecule has 2 aliphatic rings. The average molecular weight is 616 g/mol. The van der Waals surface area contributed by atoms with Crippen LogP contribution in [0.25, 0.3) is 17.3 Å². The molecule has 1 aliphatic heterocycles. The minimum absolute atomic E-state index is 0.0132. The van der Waals surface area contributed by atoms with Crippen LogP contribution in [0.2, 0.25) is 0 Å². The van der Waals surface area contributed by atoms with Crippen molar-refractivity contribution in [3.05, 3.63) is 120 Å². The van der Waals surface area contributed by atoms with E-state index < -0.39 is 4.92 Å². The van der Waals surface area contributed by atoms with Crippen LogP contribution in [0.3, 0.4) is 0 Å². The molecule has 0 unspecified atom stereocenters. The van der Waals surface area contributed by atoms with Gasteiger partial charge in [0.25, 0.3) is 11.4 Å². The quantitative estimate of drug-likeness (QED) is 0.159. The lowest BCUT2D eigenvalue weighted by atomic mass is 9.77. The number of halogens is 1. The van der Waals surface area contributed by atoms with Gasteiger partial charge < -0.3 is 0 Å². The molecule has 200 valence electrons. The van der Waals surface area contributed by atoms with Gasteiger partial charge >= 0.3 is 0 Å². The second-order valence-electron chi connectivity index (χ2n) is 9.67. The summed E-state index contributed by atoms with van der Waals surface area (Å²) in [5, 5.41) is 32.6. The largest absolute Gasteiger partial charge is 0.270 e. The zero-order valence-electron chi connectivity index (χ0n) is 21.0. The minimum atomic E-state index is -0.398. The molecule has 1 saturated carbocycles. The molecule has 0 amide bonds. The van der Waals surface area contributed by atoms with Crippen LogP contribution in [0.15, 0.2) is 93.3 Å². The number of nitro groups is 2. The van der Waals surface area contributed by atoms with Crippen LogP contribution in [-0.4, -0.2) is 20.5 Å². The van der Waals surface area contributed by atoms with E-state index in [0.717, 1.165) is 57.4 Å². The Kier molecular flexibility index (Phi) is 6.99. The molecule has 40 heavy (non-hydrogen) atoms. The summed E-state index contributed by atoms with van der Waals surface area (Å²) in [6.45, 7) is 0. The molecule has 1 aliphatic carbocycles. The van der Waals surface area contributed by atoms with E-state index in [4.69, 9.17) is 10.1 Å². The van der Waals surface area contributed by atoms with E-state index in [1.165, 1.54) is 23.5 Å². The average Bonchev–Trinajstić information content (AvgIpc) is 3.60. The van der Waals surface area contributed by atoms with Crippen molar-refractivity contribution in [1.82, 2.24) is 4.98 Å². The zero-order valence-corrected chi connectivity index (χ0v) is 23.4.